The molecule has 0 saturated carbocycles. The van der Waals surface area contributed by atoms with Crippen molar-refractivity contribution in [3.05, 3.63) is 28.8 Å². The van der Waals surface area contributed by atoms with Crippen LogP contribution in [0.15, 0.2) is 18.2 Å². The molecule has 0 amide bonds. The van der Waals surface area contributed by atoms with Gasteiger partial charge in [-0.15, -0.1) is 0 Å². The van der Waals surface area contributed by atoms with Crippen molar-refractivity contribution in [1.82, 2.24) is 5.32 Å². The summed E-state index contributed by atoms with van der Waals surface area (Å²) < 4.78 is 0. The number of nitrogens with one attached hydrogen (secondary N) is 2. The minimum atomic E-state index is 0.428. The van der Waals surface area contributed by atoms with E-state index >= 15 is 0 Å². The topological polar surface area (TPSA) is 24.1 Å². The average Bonchev–Trinajstić information content (AvgIpc) is 2.46. The summed E-state index contributed by atoms with van der Waals surface area (Å²) >= 11 is 5.85. The van der Waals surface area contributed by atoms with Crippen molar-refractivity contribution in [3.63, 3.8) is 0 Å². The molecule has 0 radical (unpaired) electrons. The Bertz CT molecular complexity index is 299. The number of hydrogen-bond acceptors (Lipinski definition) is 2. The van der Waals surface area contributed by atoms with Crippen molar-refractivity contribution >= 4 is 17.3 Å². The Morgan fingerprint density at radius 1 is 1.58 bits per heavy atom. The number of anilines is 1. The molecular formula is C9H11ClN2. The smallest absolute Gasteiger partial charge is 0.0513 e. The van der Waals surface area contributed by atoms with Gasteiger partial charge < -0.3 is 10.6 Å². The van der Waals surface area contributed by atoms with Gasteiger partial charge >= 0.3 is 0 Å². The summed E-state index contributed by atoms with van der Waals surface area (Å²) in [5, 5.41) is 7.32. The highest BCUT2D eigenvalue weighted by Gasteiger charge is 2.19. The van der Waals surface area contributed by atoms with Gasteiger partial charge in [-0.2, -0.15) is 0 Å². The molecular weight excluding hydrogens is 172 g/mol. The highest BCUT2D eigenvalue weighted by atomic mass is 35.5. The van der Waals surface area contributed by atoms with Crippen LogP contribution >= 0.6 is 11.6 Å². The van der Waals surface area contributed by atoms with Crippen LogP contribution < -0.4 is 10.6 Å². The maximum Gasteiger partial charge on any atom is 0.0513 e. The van der Waals surface area contributed by atoms with Crippen LogP contribution in [0.4, 0.5) is 5.69 Å². The van der Waals surface area contributed by atoms with Crippen LogP contribution in [-0.2, 0) is 0 Å². The lowest BCUT2D eigenvalue weighted by atomic mass is 10.1. The minimum Gasteiger partial charge on any atom is -0.383 e. The number of hydrogen-bond donors (Lipinski definition) is 2. The number of likely N-dealkylation sites (N-methyl/N-ethyl adjacent to an activating group) is 1. The normalized spacial score (nSPS) is 20.3. The second-order valence-corrected chi connectivity index (χ2v) is 3.39. The number of fused-ring (bicyclic) bond motifs is 1. The van der Waals surface area contributed by atoms with E-state index in [-0.39, 0.29) is 0 Å². The molecule has 0 spiro atoms. The third-order valence-electron chi connectivity index (χ3n) is 2.24. The molecule has 0 aromatic heterocycles. The van der Waals surface area contributed by atoms with Crippen molar-refractivity contribution in [3.8, 4) is 0 Å². The zero-order chi connectivity index (χ0) is 8.55. The molecule has 1 aromatic rings. The van der Waals surface area contributed by atoms with Gasteiger partial charge in [0.1, 0.15) is 0 Å². The van der Waals surface area contributed by atoms with Crippen molar-refractivity contribution in [2.45, 2.75) is 6.04 Å². The fourth-order valence-electron chi connectivity index (χ4n) is 1.56. The molecule has 3 heteroatoms. The Morgan fingerprint density at radius 2 is 2.42 bits per heavy atom. The molecule has 64 valence electrons. The van der Waals surface area contributed by atoms with E-state index in [0.29, 0.717) is 6.04 Å². The van der Waals surface area contributed by atoms with Gasteiger partial charge in [0.25, 0.3) is 0 Å². The standard InChI is InChI=1S/C9H11ClN2/c1-11-9-5-12-8-4-6(10)2-3-7(8)9/h2-4,9,11-12H,5H2,1H3. The Morgan fingerprint density at radius 3 is 3.17 bits per heavy atom. The third kappa shape index (κ3) is 1.17. The predicted octanol–water partition coefficient (Wildman–Crippen LogP) is 2.03. The van der Waals surface area contributed by atoms with Gasteiger partial charge in [-0.05, 0) is 24.7 Å². The van der Waals surface area contributed by atoms with Crippen molar-refractivity contribution in [2.24, 2.45) is 0 Å². The number of halogens is 1. The van der Waals surface area contributed by atoms with Crippen LogP contribution in [0.3, 0.4) is 0 Å². The van der Waals surface area contributed by atoms with Crippen molar-refractivity contribution < 1.29 is 0 Å². The lowest BCUT2D eigenvalue weighted by molar-refractivity contribution is 0.648. The molecule has 2 N–H and O–H groups in total. The van der Waals surface area contributed by atoms with Crippen molar-refractivity contribution in [1.29, 1.82) is 0 Å². The Labute approximate surface area is 76.9 Å². The van der Waals surface area contributed by atoms with Gasteiger partial charge in [-0.1, -0.05) is 17.7 Å². The molecule has 1 aliphatic rings. The molecule has 2 nitrogen and oxygen atoms in total. The van der Waals surface area contributed by atoms with Crippen LogP contribution in [0.5, 0.6) is 0 Å². The van der Waals surface area contributed by atoms with E-state index in [4.69, 9.17) is 11.6 Å². The molecule has 0 aliphatic carbocycles. The maximum atomic E-state index is 5.85. The SMILES string of the molecule is CNC1CNc2cc(Cl)ccc21. The summed E-state index contributed by atoms with van der Waals surface area (Å²) in [6.07, 6.45) is 0. The summed E-state index contributed by atoms with van der Waals surface area (Å²) in [6, 6.07) is 6.39. The second-order valence-electron chi connectivity index (χ2n) is 2.95. The lowest BCUT2D eigenvalue weighted by Crippen LogP contribution is -2.17. The first kappa shape index (κ1) is 7.90. The van der Waals surface area contributed by atoms with Crippen LogP contribution in [0, 0.1) is 0 Å². The van der Waals surface area contributed by atoms with Gasteiger partial charge in [0, 0.05) is 17.3 Å². The Balaban J connectivity index is 2.40. The Kier molecular flexibility index (Phi) is 1.95. The zero-order valence-electron chi connectivity index (χ0n) is 6.89. The lowest BCUT2D eigenvalue weighted by Gasteiger charge is -2.07. The average molecular weight is 183 g/mol. The molecule has 0 fully saturated rings. The van der Waals surface area contributed by atoms with Gasteiger partial charge in [0.05, 0.1) is 6.04 Å². The first-order valence-corrected chi connectivity index (χ1v) is 4.39. The van der Waals surface area contributed by atoms with Crippen LogP contribution in [0.1, 0.15) is 11.6 Å². The highest BCUT2D eigenvalue weighted by molar-refractivity contribution is 6.30. The predicted molar refractivity (Wildman–Crippen MR) is 51.7 cm³/mol. The van der Waals surface area contributed by atoms with Gasteiger partial charge in [0.2, 0.25) is 0 Å². The van der Waals surface area contributed by atoms with E-state index < -0.39 is 0 Å². The fourth-order valence-corrected chi connectivity index (χ4v) is 1.74. The highest BCUT2D eigenvalue weighted by Crippen LogP contribution is 2.31. The first-order chi connectivity index (χ1) is 5.81. The van der Waals surface area contributed by atoms with E-state index in [1.165, 1.54) is 5.56 Å². The molecule has 0 bridgehead atoms. The van der Waals surface area contributed by atoms with E-state index in [1.807, 2.05) is 19.2 Å². The zero-order valence-corrected chi connectivity index (χ0v) is 7.65. The fraction of sp³-hybridized carbons (Fsp3) is 0.333. The third-order valence-corrected chi connectivity index (χ3v) is 2.47. The molecule has 1 heterocycles. The summed E-state index contributed by atoms with van der Waals surface area (Å²) in [5.74, 6) is 0. The minimum absolute atomic E-state index is 0.428. The molecule has 1 unspecified atom stereocenters. The first-order valence-electron chi connectivity index (χ1n) is 4.02. The van der Waals surface area contributed by atoms with Gasteiger partial charge in [-0.3, -0.25) is 0 Å². The summed E-state index contributed by atoms with van der Waals surface area (Å²) in [4.78, 5) is 0. The van der Waals surface area contributed by atoms with Crippen LogP contribution in [0.2, 0.25) is 5.02 Å². The summed E-state index contributed by atoms with van der Waals surface area (Å²) in [7, 11) is 1.97. The molecule has 1 aromatic carbocycles. The maximum absolute atomic E-state index is 5.85. The monoisotopic (exact) mass is 182 g/mol. The van der Waals surface area contributed by atoms with Gasteiger partial charge in [0.15, 0.2) is 0 Å². The molecule has 1 aliphatic heterocycles. The molecule has 2 rings (SSSR count). The molecule has 0 saturated heterocycles. The van der Waals surface area contributed by atoms with E-state index in [2.05, 4.69) is 16.7 Å². The Hall–Kier alpha value is -0.730. The second kappa shape index (κ2) is 2.96. The quantitative estimate of drug-likeness (QED) is 0.695. The van der Waals surface area contributed by atoms with E-state index in [1.54, 1.807) is 0 Å². The summed E-state index contributed by atoms with van der Waals surface area (Å²) in [5.41, 5.74) is 2.46. The van der Waals surface area contributed by atoms with E-state index in [0.717, 1.165) is 17.3 Å². The molecule has 1 atom stereocenters. The largest absolute Gasteiger partial charge is 0.383 e. The summed E-state index contributed by atoms with van der Waals surface area (Å²) in [6.45, 7) is 0.951. The van der Waals surface area contributed by atoms with E-state index in [9.17, 15) is 0 Å². The van der Waals surface area contributed by atoms with Gasteiger partial charge in [-0.25, -0.2) is 0 Å². The number of rotatable bonds is 1. The van der Waals surface area contributed by atoms with Crippen molar-refractivity contribution in [2.75, 3.05) is 18.9 Å². The molecule has 12 heavy (non-hydrogen) atoms. The van der Waals surface area contributed by atoms with Crippen LogP contribution in [0.25, 0.3) is 0 Å². The van der Waals surface area contributed by atoms with Crippen LogP contribution in [-0.4, -0.2) is 13.6 Å². The number of benzene rings is 1.